The van der Waals surface area contributed by atoms with Crippen LogP contribution in [0.5, 0.6) is 0 Å². The van der Waals surface area contributed by atoms with E-state index in [-0.39, 0.29) is 12.1 Å². The number of urea groups is 1. The van der Waals surface area contributed by atoms with Crippen LogP contribution in [0.1, 0.15) is 38.7 Å². The molecule has 2 amide bonds. The zero-order valence-corrected chi connectivity index (χ0v) is 19.0. The maximum Gasteiger partial charge on any atom is 0.320 e. The minimum atomic E-state index is -0.279. The third kappa shape index (κ3) is 6.12. The van der Waals surface area contributed by atoms with Gasteiger partial charge in [0.15, 0.2) is 5.65 Å². The molecule has 2 N–H and O–H groups in total. The summed E-state index contributed by atoms with van der Waals surface area (Å²) in [5.74, 6) is 0.435. The molecule has 170 valence electrons. The number of benzene rings is 1. The maximum atomic E-state index is 12.4. The third-order valence-electron chi connectivity index (χ3n) is 5.35. The average molecular weight is 444 g/mol. The van der Waals surface area contributed by atoms with E-state index in [1.165, 1.54) is 5.56 Å². The molecule has 0 spiro atoms. The molecule has 8 heteroatoms. The predicted molar refractivity (Wildman–Crippen MR) is 130 cm³/mol. The Morgan fingerprint density at radius 2 is 1.94 bits per heavy atom. The first-order chi connectivity index (χ1) is 16.1. The minimum Gasteiger partial charge on any atom is -0.335 e. The van der Waals surface area contributed by atoms with Crippen LogP contribution in [0.4, 0.5) is 10.6 Å². The molecular weight excluding hydrogens is 414 g/mol. The molecule has 0 radical (unpaired) electrons. The molecule has 0 aliphatic heterocycles. The lowest BCUT2D eigenvalue weighted by Crippen LogP contribution is -2.36. The van der Waals surface area contributed by atoms with Crippen molar-refractivity contribution in [3.8, 4) is 11.3 Å². The quantitative estimate of drug-likeness (QED) is 0.386. The second-order valence-electron chi connectivity index (χ2n) is 8.16. The van der Waals surface area contributed by atoms with Gasteiger partial charge in [0.25, 0.3) is 0 Å². The fraction of sp³-hybridized carbons (Fsp3) is 0.320. The summed E-state index contributed by atoms with van der Waals surface area (Å²) in [4.78, 5) is 26.0. The summed E-state index contributed by atoms with van der Waals surface area (Å²) in [6, 6.07) is 13.7. The van der Waals surface area contributed by atoms with Crippen LogP contribution in [0.15, 0.2) is 61.1 Å². The highest BCUT2D eigenvalue weighted by molar-refractivity contribution is 5.89. The van der Waals surface area contributed by atoms with Gasteiger partial charge in [0.2, 0.25) is 0 Å². The molecule has 4 aromatic rings. The number of anilines is 1. The number of nitrogens with zero attached hydrogens (tertiary/aromatic N) is 5. The van der Waals surface area contributed by atoms with Crippen LogP contribution < -0.4 is 10.6 Å². The van der Waals surface area contributed by atoms with E-state index < -0.39 is 0 Å². The number of aryl methyl sites for hydroxylation is 2. The number of hydrogen-bond donors (Lipinski definition) is 2. The number of fused-ring (bicyclic) bond motifs is 1. The van der Waals surface area contributed by atoms with Gasteiger partial charge in [-0.25, -0.2) is 14.8 Å². The zero-order valence-electron chi connectivity index (χ0n) is 19.0. The van der Waals surface area contributed by atoms with Crippen molar-refractivity contribution in [3.05, 3.63) is 66.6 Å². The molecule has 0 saturated heterocycles. The Bertz CT molecular complexity index is 1210. The molecule has 33 heavy (non-hydrogen) atoms. The van der Waals surface area contributed by atoms with Gasteiger partial charge in [-0.2, -0.15) is 5.10 Å². The van der Waals surface area contributed by atoms with Crippen molar-refractivity contribution in [2.45, 2.75) is 52.1 Å². The van der Waals surface area contributed by atoms with Gasteiger partial charge < -0.3 is 5.32 Å². The van der Waals surface area contributed by atoms with Crippen molar-refractivity contribution >= 4 is 23.0 Å². The lowest BCUT2D eigenvalue weighted by molar-refractivity contribution is 0.248. The average Bonchev–Trinajstić information content (AvgIpc) is 3.28. The summed E-state index contributed by atoms with van der Waals surface area (Å²) in [6.45, 7) is 4.97. The van der Waals surface area contributed by atoms with Crippen molar-refractivity contribution in [1.82, 2.24) is 30.0 Å². The molecular formula is C25H29N7O. The van der Waals surface area contributed by atoms with E-state index in [1.807, 2.05) is 36.0 Å². The number of carbonyl (C=O) groups excluding carboxylic acids is 1. The van der Waals surface area contributed by atoms with E-state index in [2.05, 4.69) is 49.7 Å². The Morgan fingerprint density at radius 3 is 2.76 bits per heavy atom. The smallest absolute Gasteiger partial charge is 0.320 e. The van der Waals surface area contributed by atoms with E-state index in [0.717, 1.165) is 37.8 Å². The summed E-state index contributed by atoms with van der Waals surface area (Å²) in [7, 11) is 0. The van der Waals surface area contributed by atoms with Crippen LogP contribution in [0.3, 0.4) is 0 Å². The van der Waals surface area contributed by atoms with E-state index in [1.54, 1.807) is 24.5 Å². The van der Waals surface area contributed by atoms with Crippen LogP contribution >= 0.6 is 0 Å². The van der Waals surface area contributed by atoms with Crippen LogP contribution in [0.2, 0.25) is 0 Å². The molecule has 0 aliphatic rings. The third-order valence-corrected chi connectivity index (χ3v) is 5.35. The monoisotopic (exact) mass is 443 g/mol. The SMILES string of the molecule is CCCn1cc(-c2cnc3ccc(NC(=O)N[C@H](C)CCCc4ccccc4)nc3n2)cn1. The molecule has 3 heterocycles. The molecule has 4 rings (SSSR count). The fourth-order valence-electron chi connectivity index (χ4n) is 3.66. The molecule has 0 unspecified atom stereocenters. The van der Waals surface area contributed by atoms with Crippen LogP contribution in [-0.4, -0.2) is 36.8 Å². The molecule has 1 atom stereocenters. The largest absolute Gasteiger partial charge is 0.335 e. The Kier molecular flexibility index (Phi) is 7.24. The Morgan fingerprint density at radius 1 is 1.09 bits per heavy atom. The Balaban J connectivity index is 1.34. The maximum absolute atomic E-state index is 12.4. The Hall–Kier alpha value is -3.81. The predicted octanol–water partition coefficient (Wildman–Crippen LogP) is 4.83. The number of amides is 2. The zero-order chi connectivity index (χ0) is 23.0. The summed E-state index contributed by atoms with van der Waals surface area (Å²) >= 11 is 0. The highest BCUT2D eigenvalue weighted by Crippen LogP contribution is 2.19. The number of nitrogens with one attached hydrogen (secondary N) is 2. The second-order valence-corrected chi connectivity index (χ2v) is 8.16. The molecule has 1 aromatic carbocycles. The summed E-state index contributed by atoms with van der Waals surface area (Å²) in [5.41, 5.74) is 4.04. The number of pyridine rings is 1. The lowest BCUT2D eigenvalue weighted by atomic mass is 10.1. The molecule has 8 nitrogen and oxygen atoms in total. The van der Waals surface area contributed by atoms with Crippen LogP contribution in [0.25, 0.3) is 22.4 Å². The second kappa shape index (κ2) is 10.7. The van der Waals surface area contributed by atoms with E-state index in [9.17, 15) is 4.79 Å². The first kappa shape index (κ1) is 22.4. The van der Waals surface area contributed by atoms with Crippen LogP contribution in [0, 0.1) is 0 Å². The molecule has 0 aliphatic carbocycles. The van der Waals surface area contributed by atoms with Crippen molar-refractivity contribution in [2.24, 2.45) is 0 Å². The van der Waals surface area contributed by atoms with Crippen LogP contribution in [-0.2, 0) is 13.0 Å². The highest BCUT2D eigenvalue weighted by atomic mass is 16.2. The van der Waals surface area contributed by atoms with Gasteiger partial charge >= 0.3 is 6.03 Å². The Labute approximate surface area is 193 Å². The van der Waals surface area contributed by atoms with E-state index in [0.29, 0.717) is 22.7 Å². The first-order valence-electron chi connectivity index (χ1n) is 11.4. The van der Waals surface area contributed by atoms with Gasteiger partial charge in [-0.1, -0.05) is 37.3 Å². The van der Waals surface area contributed by atoms with Crippen molar-refractivity contribution in [2.75, 3.05) is 5.32 Å². The van der Waals surface area contributed by atoms with Crippen molar-refractivity contribution in [3.63, 3.8) is 0 Å². The molecule has 0 bridgehead atoms. The van der Waals surface area contributed by atoms with Gasteiger partial charge in [-0.3, -0.25) is 15.0 Å². The van der Waals surface area contributed by atoms with Gasteiger partial charge in [0.05, 0.1) is 18.1 Å². The van der Waals surface area contributed by atoms with E-state index in [4.69, 9.17) is 0 Å². The van der Waals surface area contributed by atoms with Crippen molar-refractivity contribution in [1.29, 1.82) is 0 Å². The van der Waals surface area contributed by atoms with Gasteiger partial charge in [0, 0.05) is 24.3 Å². The molecule has 3 aromatic heterocycles. The van der Waals surface area contributed by atoms with Gasteiger partial charge in [0.1, 0.15) is 11.3 Å². The number of rotatable bonds is 9. The lowest BCUT2D eigenvalue weighted by Gasteiger charge is -2.14. The highest BCUT2D eigenvalue weighted by Gasteiger charge is 2.11. The summed E-state index contributed by atoms with van der Waals surface area (Å²) in [6.07, 6.45) is 9.36. The summed E-state index contributed by atoms with van der Waals surface area (Å²) < 4.78 is 1.89. The summed E-state index contributed by atoms with van der Waals surface area (Å²) in [5, 5.41) is 10.1. The fourth-order valence-corrected chi connectivity index (χ4v) is 3.66. The first-order valence-corrected chi connectivity index (χ1v) is 11.4. The number of aromatic nitrogens is 5. The topological polar surface area (TPSA) is 97.6 Å². The van der Waals surface area contributed by atoms with Gasteiger partial charge in [-0.05, 0) is 50.3 Å². The molecule has 0 fully saturated rings. The normalized spacial score (nSPS) is 11.9. The standard InChI is InChI=1S/C25H29N7O/c1-3-14-32-17-20(15-27-32)22-16-26-21-12-13-23(30-24(21)29-22)31-25(33)28-18(2)8-7-11-19-9-5-4-6-10-19/h4-6,9-10,12-13,15-18H,3,7-8,11,14H2,1-2H3,(H2,28,29,30,31,33)/t18-/m1/s1. The van der Waals surface area contributed by atoms with E-state index >= 15 is 0 Å². The minimum absolute atomic E-state index is 0.0558. The van der Waals surface area contributed by atoms with Crippen molar-refractivity contribution < 1.29 is 4.79 Å². The number of hydrogen-bond acceptors (Lipinski definition) is 5. The molecule has 0 saturated carbocycles. The van der Waals surface area contributed by atoms with Gasteiger partial charge in [-0.15, -0.1) is 0 Å². The number of carbonyl (C=O) groups is 1.